The van der Waals surface area contributed by atoms with Crippen molar-refractivity contribution in [2.45, 2.75) is 33.1 Å². The Bertz CT molecular complexity index is 480. The molecule has 1 aliphatic rings. The summed E-state index contributed by atoms with van der Waals surface area (Å²) in [5.41, 5.74) is -0.0128. The van der Waals surface area contributed by atoms with Gasteiger partial charge in [0, 0.05) is 19.6 Å². The molecule has 1 atom stereocenters. The molecule has 110 valence electrons. The maximum Gasteiger partial charge on any atom is 0.329 e. The van der Waals surface area contributed by atoms with E-state index in [4.69, 9.17) is 0 Å². The SMILES string of the molecule is CCNc1ncc([N+](=O)[O-])c(N2CCCC(C)CC2)n1. The van der Waals surface area contributed by atoms with Crippen molar-refractivity contribution < 1.29 is 4.92 Å². The van der Waals surface area contributed by atoms with E-state index in [1.54, 1.807) is 0 Å². The molecule has 1 aromatic heterocycles. The van der Waals surface area contributed by atoms with Crippen LogP contribution >= 0.6 is 0 Å². The second kappa shape index (κ2) is 6.49. The number of nitro groups is 1. The van der Waals surface area contributed by atoms with E-state index in [0.717, 1.165) is 32.4 Å². The second-order valence-electron chi connectivity index (χ2n) is 5.21. The van der Waals surface area contributed by atoms with Crippen LogP contribution in [0.2, 0.25) is 0 Å². The maximum atomic E-state index is 11.2. The quantitative estimate of drug-likeness (QED) is 0.673. The molecular formula is C13H21N5O2. The van der Waals surface area contributed by atoms with Crippen LogP contribution in [0.1, 0.15) is 33.1 Å². The molecule has 1 unspecified atom stereocenters. The van der Waals surface area contributed by atoms with Crippen LogP contribution in [0.15, 0.2) is 6.20 Å². The van der Waals surface area contributed by atoms with E-state index in [-0.39, 0.29) is 5.69 Å². The molecule has 1 aliphatic heterocycles. The second-order valence-corrected chi connectivity index (χ2v) is 5.21. The van der Waals surface area contributed by atoms with Gasteiger partial charge in [0.1, 0.15) is 6.20 Å². The van der Waals surface area contributed by atoms with Gasteiger partial charge in [0.15, 0.2) is 0 Å². The van der Waals surface area contributed by atoms with Gasteiger partial charge in [-0.1, -0.05) is 6.92 Å². The van der Waals surface area contributed by atoms with Crippen molar-refractivity contribution in [3.8, 4) is 0 Å². The molecule has 1 aromatic rings. The summed E-state index contributed by atoms with van der Waals surface area (Å²) in [4.78, 5) is 21.1. The Kier molecular flexibility index (Phi) is 4.70. The summed E-state index contributed by atoms with van der Waals surface area (Å²) in [6, 6.07) is 0. The van der Waals surface area contributed by atoms with Crippen LogP contribution in [-0.2, 0) is 0 Å². The van der Waals surface area contributed by atoms with Crippen molar-refractivity contribution in [3.05, 3.63) is 16.3 Å². The van der Waals surface area contributed by atoms with Crippen molar-refractivity contribution in [2.24, 2.45) is 5.92 Å². The number of anilines is 2. The smallest absolute Gasteiger partial charge is 0.329 e. The molecule has 1 N–H and O–H groups in total. The Hall–Kier alpha value is -1.92. The van der Waals surface area contributed by atoms with E-state index in [0.29, 0.717) is 24.2 Å². The van der Waals surface area contributed by atoms with Crippen molar-refractivity contribution >= 4 is 17.5 Å². The van der Waals surface area contributed by atoms with Crippen molar-refractivity contribution in [1.82, 2.24) is 9.97 Å². The van der Waals surface area contributed by atoms with E-state index in [9.17, 15) is 10.1 Å². The van der Waals surface area contributed by atoms with Gasteiger partial charge in [0.05, 0.1) is 4.92 Å². The molecule has 0 spiro atoms. The van der Waals surface area contributed by atoms with E-state index in [1.807, 2.05) is 11.8 Å². The van der Waals surface area contributed by atoms with Gasteiger partial charge >= 0.3 is 5.69 Å². The highest BCUT2D eigenvalue weighted by molar-refractivity contribution is 5.59. The minimum absolute atomic E-state index is 0.0128. The first kappa shape index (κ1) is 14.5. The molecule has 1 saturated heterocycles. The third-order valence-electron chi connectivity index (χ3n) is 3.60. The third-order valence-corrected chi connectivity index (χ3v) is 3.60. The van der Waals surface area contributed by atoms with Crippen molar-refractivity contribution in [3.63, 3.8) is 0 Å². The zero-order chi connectivity index (χ0) is 14.5. The van der Waals surface area contributed by atoms with Crippen LogP contribution in [0.5, 0.6) is 0 Å². The third kappa shape index (κ3) is 3.34. The summed E-state index contributed by atoms with van der Waals surface area (Å²) < 4.78 is 0. The molecular weight excluding hydrogens is 258 g/mol. The predicted molar refractivity (Wildman–Crippen MR) is 78.1 cm³/mol. The molecule has 7 nitrogen and oxygen atoms in total. The van der Waals surface area contributed by atoms with Gasteiger partial charge in [-0.15, -0.1) is 0 Å². The van der Waals surface area contributed by atoms with E-state index >= 15 is 0 Å². The Morgan fingerprint density at radius 3 is 3.00 bits per heavy atom. The van der Waals surface area contributed by atoms with Gasteiger partial charge in [-0.3, -0.25) is 10.1 Å². The van der Waals surface area contributed by atoms with Gasteiger partial charge in [0.25, 0.3) is 0 Å². The summed E-state index contributed by atoms with van der Waals surface area (Å²) >= 11 is 0. The van der Waals surface area contributed by atoms with Crippen LogP contribution in [0.3, 0.4) is 0 Å². The van der Waals surface area contributed by atoms with Gasteiger partial charge in [-0.2, -0.15) is 4.98 Å². The monoisotopic (exact) mass is 279 g/mol. The number of aromatic nitrogens is 2. The van der Waals surface area contributed by atoms with Crippen molar-refractivity contribution in [1.29, 1.82) is 0 Å². The van der Waals surface area contributed by atoms with Crippen LogP contribution in [-0.4, -0.2) is 34.5 Å². The molecule has 2 heterocycles. The lowest BCUT2D eigenvalue weighted by Crippen LogP contribution is -2.26. The lowest BCUT2D eigenvalue weighted by molar-refractivity contribution is -0.384. The number of rotatable bonds is 4. The fraction of sp³-hybridized carbons (Fsp3) is 0.692. The van der Waals surface area contributed by atoms with Gasteiger partial charge in [0.2, 0.25) is 11.8 Å². The summed E-state index contributed by atoms with van der Waals surface area (Å²) in [5.74, 6) is 1.55. The average molecular weight is 279 g/mol. The first-order valence-electron chi connectivity index (χ1n) is 7.12. The first-order chi connectivity index (χ1) is 9.61. The largest absolute Gasteiger partial charge is 0.354 e. The number of nitrogens with zero attached hydrogens (tertiary/aromatic N) is 4. The Balaban J connectivity index is 2.30. The Morgan fingerprint density at radius 2 is 2.30 bits per heavy atom. The fourth-order valence-corrected chi connectivity index (χ4v) is 2.45. The van der Waals surface area contributed by atoms with Gasteiger partial charge in [-0.05, 0) is 32.1 Å². The highest BCUT2D eigenvalue weighted by Gasteiger charge is 2.24. The van der Waals surface area contributed by atoms with Gasteiger partial charge < -0.3 is 10.2 Å². The van der Waals surface area contributed by atoms with Crippen LogP contribution in [0.25, 0.3) is 0 Å². The Morgan fingerprint density at radius 1 is 1.50 bits per heavy atom. The van der Waals surface area contributed by atoms with Crippen LogP contribution in [0.4, 0.5) is 17.5 Å². The molecule has 1 fully saturated rings. The van der Waals surface area contributed by atoms with E-state index in [1.165, 1.54) is 6.20 Å². The lowest BCUT2D eigenvalue weighted by atomic mass is 10.0. The molecule has 0 saturated carbocycles. The van der Waals surface area contributed by atoms with Crippen LogP contribution in [0, 0.1) is 16.0 Å². The minimum atomic E-state index is -0.403. The maximum absolute atomic E-state index is 11.2. The molecule has 0 aromatic carbocycles. The molecule has 20 heavy (non-hydrogen) atoms. The Labute approximate surface area is 118 Å². The molecule has 0 radical (unpaired) electrons. The summed E-state index contributed by atoms with van der Waals surface area (Å²) in [6.45, 7) is 6.48. The van der Waals surface area contributed by atoms with Crippen LogP contribution < -0.4 is 10.2 Å². The topological polar surface area (TPSA) is 84.2 Å². The standard InChI is InChI=1S/C13H21N5O2/c1-3-14-13-15-9-11(18(19)20)12(16-13)17-7-4-5-10(2)6-8-17/h9-10H,3-8H2,1-2H3,(H,14,15,16). The molecule has 2 rings (SSSR count). The molecule has 7 heteroatoms. The number of nitrogens with one attached hydrogen (secondary N) is 1. The van der Waals surface area contributed by atoms with Gasteiger partial charge in [-0.25, -0.2) is 4.98 Å². The summed E-state index contributed by atoms with van der Waals surface area (Å²) in [5, 5.41) is 14.2. The number of hydrogen-bond donors (Lipinski definition) is 1. The zero-order valence-electron chi connectivity index (χ0n) is 12.0. The normalized spacial score (nSPS) is 19.5. The molecule has 0 aliphatic carbocycles. The minimum Gasteiger partial charge on any atom is -0.354 e. The predicted octanol–water partition coefficient (Wildman–Crippen LogP) is 2.44. The first-order valence-corrected chi connectivity index (χ1v) is 7.12. The molecule has 0 bridgehead atoms. The highest BCUT2D eigenvalue weighted by atomic mass is 16.6. The lowest BCUT2D eigenvalue weighted by Gasteiger charge is -2.21. The summed E-state index contributed by atoms with van der Waals surface area (Å²) in [7, 11) is 0. The average Bonchev–Trinajstić information content (AvgIpc) is 2.63. The number of hydrogen-bond acceptors (Lipinski definition) is 6. The fourth-order valence-electron chi connectivity index (χ4n) is 2.45. The molecule has 0 amide bonds. The highest BCUT2D eigenvalue weighted by Crippen LogP contribution is 2.29. The van der Waals surface area contributed by atoms with Crippen molar-refractivity contribution in [2.75, 3.05) is 29.9 Å². The zero-order valence-corrected chi connectivity index (χ0v) is 12.0. The summed E-state index contributed by atoms with van der Waals surface area (Å²) in [6.07, 6.45) is 4.54. The van der Waals surface area contributed by atoms with E-state index < -0.39 is 4.92 Å². The van der Waals surface area contributed by atoms with E-state index in [2.05, 4.69) is 22.2 Å².